The van der Waals surface area contributed by atoms with Gasteiger partial charge in [-0.25, -0.2) is 4.39 Å². The molecule has 0 radical (unpaired) electrons. The molecule has 0 aliphatic heterocycles. The molecule has 0 N–H and O–H groups in total. The molecule has 0 spiro atoms. The van der Waals surface area contributed by atoms with Gasteiger partial charge in [0.2, 0.25) is 6.20 Å². The van der Waals surface area contributed by atoms with Crippen molar-refractivity contribution in [2.45, 2.75) is 13.8 Å². The molecule has 3 heterocycles. The summed E-state index contributed by atoms with van der Waals surface area (Å²) in [5.74, 6) is -0.217. The van der Waals surface area contributed by atoms with E-state index in [4.69, 9.17) is 0 Å². The molecule has 114 valence electrons. The first-order chi connectivity index (χ1) is 11.3. The zero-order chi connectivity index (χ0) is 16.2. The highest BCUT2D eigenvalue weighted by Gasteiger charge is 2.23. The number of halogens is 1. The largest absolute Gasteiger partial charge is 0.286 e. The molecule has 0 fully saturated rings. The number of hydrogen-bond acceptors (Lipinski definition) is 0. The molecule has 0 amide bonds. The molecule has 0 aliphatic carbocycles. The molecule has 0 unspecified atom stereocenters. The summed E-state index contributed by atoms with van der Waals surface area (Å²) in [6, 6.07) is 18.9. The Hall–Kier alpha value is -2.81. The maximum absolute atomic E-state index is 14.2. The van der Waals surface area contributed by atoms with Gasteiger partial charge in [0.05, 0.1) is 5.56 Å². The van der Waals surface area contributed by atoms with Crippen molar-refractivity contribution in [3.63, 3.8) is 0 Å². The first-order valence-electron chi connectivity index (χ1n) is 7.83. The van der Waals surface area contributed by atoms with E-state index in [0.29, 0.717) is 5.56 Å². The Kier molecular flexibility index (Phi) is 4.29. The second kappa shape index (κ2) is 6.53. The molecular formula is C20H19FN2+2. The highest BCUT2D eigenvalue weighted by molar-refractivity contribution is 5.68. The number of hydrogen-bond donors (Lipinski definition) is 0. The number of fused-ring (bicyclic) bond motifs is 3. The van der Waals surface area contributed by atoms with E-state index in [1.165, 1.54) is 6.07 Å². The van der Waals surface area contributed by atoms with Gasteiger partial charge < -0.3 is 0 Å². The van der Waals surface area contributed by atoms with Crippen LogP contribution in [0.3, 0.4) is 0 Å². The van der Waals surface area contributed by atoms with Crippen molar-refractivity contribution in [1.82, 2.24) is 0 Å². The van der Waals surface area contributed by atoms with Gasteiger partial charge in [0.1, 0.15) is 5.82 Å². The molecule has 0 aliphatic rings. The van der Waals surface area contributed by atoms with Crippen LogP contribution in [0.25, 0.3) is 22.3 Å². The fourth-order valence-corrected chi connectivity index (χ4v) is 2.71. The summed E-state index contributed by atoms with van der Waals surface area (Å²) in [6.07, 6.45) is 5.90. The quantitative estimate of drug-likeness (QED) is 0.371. The summed E-state index contributed by atoms with van der Waals surface area (Å²) in [7, 11) is 0. The summed E-state index contributed by atoms with van der Waals surface area (Å²) in [5.41, 5.74) is 3.54. The van der Waals surface area contributed by atoms with Gasteiger partial charge in [0.25, 0.3) is 16.7 Å². The second-order valence-corrected chi connectivity index (χ2v) is 4.94. The molecular weight excluding hydrogens is 287 g/mol. The van der Waals surface area contributed by atoms with E-state index >= 15 is 0 Å². The Bertz CT molecular complexity index is 964. The van der Waals surface area contributed by atoms with Crippen LogP contribution in [0.5, 0.6) is 0 Å². The first kappa shape index (κ1) is 15.1. The molecule has 3 heteroatoms. The van der Waals surface area contributed by atoms with E-state index in [2.05, 4.69) is 6.07 Å². The van der Waals surface area contributed by atoms with Crippen LogP contribution in [-0.2, 0) is 0 Å². The Labute approximate surface area is 135 Å². The molecule has 0 saturated carbocycles. The summed E-state index contributed by atoms with van der Waals surface area (Å²) in [4.78, 5) is 0. The lowest BCUT2D eigenvalue weighted by Gasteiger charge is -2.00. The van der Waals surface area contributed by atoms with Crippen molar-refractivity contribution < 1.29 is 13.2 Å². The van der Waals surface area contributed by atoms with Gasteiger partial charge >= 0.3 is 0 Å². The SMILES string of the molecule is CC.Fc1ccccc1-c1c[n+]2ccccc2c2cccc[n+]12. The fourth-order valence-electron chi connectivity index (χ4n) is 2.71. The van der Waals surface area contributed by atoms with E-state index in [9.17, 15) is 4.39 Å². The number of benzene rings is 1. The monoisotopic (exact) mass is 306 g/mol. The number of pyridine rings is 2. The standard InChI is InChI=1S/C18H13FN2.C2H6/c19-15-8-2-1-7-14(15)18-13-20-11-5-3-9-16(20)17-10-4-6-12-21(17)18;1-2/h1-13H;1-2H3/q+2;. The first-order valence-corrected chi connectivity index (χ1v) is 7.83. The third-order valence-electron chi connectivity index (χ3n) is 3.68. The Balaban J connectivity index is 0.000000753. The highest BCUT2D eigenvalue weighted by Crippen LogP contribution is 2.19. The van der Waals surface area contributed by atoms with Gasteiger partial charge in [-0.05, 0) is 24.3 Å². The van der Waals surface area contributed by atoms with Crippen LogP contribution in [0.4, 0.5) is 4.39 Å². The van der Waals surface area contributed by atoms with Gasteiger partial charge in [-0.3, -0.25) is 0 Å². The minimum Gasteiger partial charge on any atom is -0.206 e. The third kappa shape index (κ3) is 2.66. The lowest BCUT2D eigenvalue weighted by atomic mass is 10.1. The van der Waals surface area contributed by atoms with Gasteiger partial charge in [-0.2, -0.15) is 4.40 Å². The number of rotatable bonds is 1. The minimum atomic E-state index is -0.217. The molecule has 4 aromatic rings. The molecule has 1 aromatic carbocycles. The van der Waals surface area contributed by atoms with Crippen molar-refractivity contribution in [2.24, 2.45) is 0 Å². The lowest BCUT2D eigenvalue weighted by Crippen LogP contribution is -2.34. The summed E-state index contributed by atoms with van der Waals surface area (Å²) in [6.45, 7) is 4.00. The molecule has 0 atom stereocenters. The lowest BCUT2D eigenvalue weighted by molar-refractivity contribution is -0.556. The molecule has 4 rings (SSSR count). The Morgan fingerprint density at radius 1 is 0.739 bits per heavy atom. The zero-order valence-electron chi connectivity index (χ0n) is 13.3. The normalized spacial score (nSPS) is 10.4. The second-order valence-electron chi connectivity index (χ2n) is 4.94. The van der Waals surface area contributed by atoms with Crippen LogP contribution >= 0.6 is 0 Å². The minimum absolute atomic E-state index is 0.217. The highest BCUT2D eigenvalue weighted by atomic mass is 19.1. The van der Waals surface area contributed by atoms with E-state index in [1.807, 2.05) is 77.6 Å². The van der Waals surface area contributed by atoms with Crippen molar-refractivity contribution in [1.29, 1.82) is 0 Å². The summed E-state index contributed by atoms with van der Waals surface area (Å²) < 4.78 is 18.2. The Morgan fingerprint density at radius 3 is 2.17 bits per heavy atom. The number of nitrogens with zero attached hydrogens (tertiary/aromatic N) is 2. The van der Waals surface area contributed by atoms with Gasteiger partial charge in [-0.1, -0.05) is 26.0 Å². The molecule has 3 aromatic heterocycles. The van der Waals surface area contributed by atoms with Crippen molar-refractivity contribution in [3.05, 3.63) is 85.1 Å². The maximum Gasteiger partial charge on any atom is 0.286 e. The predicted octanol–water partition coefficient (Wildman–Crippen LogP) is 4.00. The van der Waals surface area contributed by atoms with Crippen molar-refractivity contribution in [2.75, 3.05) is 0 Å². The summed E-state index contributed by atoms with van der Waals surface area (Å²) in [5, 5.41) is 0. The van der Waals surface area contributed by atoms with Crippen LogP contribution < -0.4 is 8.80 Å². The average molecular weight is 306 g/mol. The van der Waals surface area contributed by atoms with Crippen LogP contribution in [0, 0.1) is 5.82 Å². The number of aromatic nitrogens is 2. The van der Waals surface area contributed by atoms with E-state index in [1.54, 1.807) is 12.1 Å². The zero-order valence-corrected chi connectivity index (χ0v) is 13.3. The predicted molar refractivity (Wildman–Crippen MR) is 89.5 cm³/mol. The molecule has 23 heavy (non-hydrogen) atoms. The van der Waals surface area contributed by atoms with Crippen LogP contribution in [0.2, 0.25) is 0 Å². The molecule has 0 bridgehead atoms. The van der Waals surface area contributed by atoms with Gasteiger partial charge in [0.15, 0.2) is 12.4 Å². The average Bonchev–Trinajstić information content (AvgIpc) is 2.63. The molecule has 0 saturated heterocycles. The van der Waals surface area contributed by atoms with Crippen LogP contribution in [0.15, 0.2) is 79.3 Å². The maximum atomic E-state index is 14.2. The summed E-state index contributed by atoms with van der Waals surface area (Å²) >= 11 is 0. The van der Waals surface area contributed by atoms with E-state index < -0.39 is 0 Å². The third-order valence-corrected chi connectivity index (χ3v) is 3.68. The van der Waals surface area contributed by atoms with Crippen molar-refractivity contribution in [3.8, 4) is 11.3 Å². The topological polar surface area (TPSA) is 8.20 Å². The van der Waals surface area contributed by atoms with Gasteiger partial charge in [0, 0.05) is 24.3 Å². The van der Waals surface area contributed by atoms with E-state index in [-0.39, 0.29) is 5.82 Å². The van der Waals surface area contributed by atoms with Crippen LogP contribution in [0.1, 0.15) is 13.8 Å². The van der Waals surface area contributed by atoms with Gasteiger partial charge in [-0.15, -0.1) is 4.40 Å². The smallest absolute Gasteiger partial charge is 0.206 e. The molecule has 2 nitrogen and oxygen atoms in total. The van der Waals surface area contributed by atoms with Crippen LogP contribution in [-0.4, -0.2) is 0 Å². The fraction of sp³-hybridized carbons (Fsp3) is 0.100. The Morgan fingerprint density at radius 2 is 1.39 bits per heavy atom. The van der Waals surface area contributed by atoms with E-state index in [0.717, 1.165) is 16.7 Å². The van der Waals surface area contributed by atoms with Crippen molar-refractivity contribution >= 4 is 11.0 Å².